The number of hydrogen-bond donors (Lipinski definition) is 0. The van der Waals surface area contributed by atoms with E-state index in [-0.39, 0.29) is 22.1 Å². The zero-order valence-corrected chi connectivity index (χ0v) is 21.3. The van der Waals surface area contributed by atoms with Gasteiger partial charge in [0.1, 0.15) is 17.1 Å². The van der Waals surface area contributed by atoms with Gasteiger partial charge in [0.25, 0.3) is 17.5 Å². The number of carbonyl (C=O) groups excluding carboxylic acids is 2. The molecule has 8 nitrogen and oxygen atoms in total. The second kappa shape index (κ2) is 9.92. The number of amides is 2. The van der Waals surface area contributed by atoms with Crippen LogP contribution in [0.3, 0.4) is 0 Å². The second-order valence-electron chi connectivity index (χ2n) is 7.92. The number of carbonyl (C=O) groups is 2. The molecular formula is C27H16BrN3O5S. The molecule has 0 saturated carbocycles. The number of hydrogen-bond acceptors (Lipinski definition) is 6. The van der Waals surface area contributed by atoms with E-state index < -0.39 is 16.7 Å². The predicted octanol–water partition coefficient (Wildman–Crippen LogP) is 6.37. The average molecular weight is 574 g/mol. The van der Waals surface area contributed by atoms with Gasteiger partial charge in [-0.1, -0.05) is 36.4 Å². The largest absolute Gasteiger partial charge is 0.457 e. The number of halogens is 1. The second-order valence-corrected chi connectivity index (χ2v) is 9.14. The lowest BCUT2D eigenvalue weighted by Gasteiger charge is -2.36. The molecule has 0 bridgehead atoms. The van der Waals surface area contributed by atoms with Gasteiger partial charge < -0.3 is 4.42 Å². The molecule has 0 unspecified atom stereocenters. The van der Waals surface area contributed by atoms with Gasteiger partial charge in [0.05, 0.1) is 16.3 Å². The lowest BCUT2D eigenvalue weighted by atomic mass is 10.1. The fraction of sp³-hybridized carbons (Fsp3) is 0. The quantitative estimate of drug-likeness (QED) is 0.0905. The van der Waals surface area contributed by atoms with Crippen molar-refractivity contribution in [1.29, 1.82) is 0 Å². The molecule has 0 spiro atoms. The van der Waals surface area contributed by atoms with Crippen molar-refractivity contribution in [3.05, 3.63) is 117 Å². The summed E-state index contributed by atoms with van der Waals surface area (Å²) in [7, 11) is 0. The third-order valence-corrected chi connectivity index (χ3v) is 6.64. The molecule has 182 valence electrons. The summed E-state index contributed by atoms with van der Waals surface area (Å²) in [4.78, 5) is 40.3. The maximum atomic E-state index is 13.6. The van der Waals surface area contributed by atoms with Gasteiger partial charge in [0.15, 0.2) is 5.11 Å². The summed E-state index contributed by atoms with van der Waals surface area (Å²) in [6, 6.07) is 25.2. The van der Waals surface area contributed by atoms with Crippen LogP contribution in [0.5, 0.6) is 0 Å². The number of non-ortho nitro benzene ring substituents is 1. The molecule has 3 aromatic carbocycles. The van der Waals surface area contributed by atoms with Gasteiger partial charge in [0.2, 0.25) is 0 Å². The Hall–Kier alpha value is -4.41. The number of rotatable bonds is 5. The maximum Gasteiger partial charge on any atom is 0.270 e. The highest BCUT2D eigenvalue weighted by Gasteiger charge is 2.41. The minimum atomic E-state index is -0.581. The molecule has 10 heteroatoms. The van der Waals surface area contributed by atoms with Crippen molar-refractivity contribution in [1.82, 2.24) is 0 Å². The summed E-state index contributed by atoms with van der Waals surface area (Å²) in [5.74, 6) is -0.504. The molecule has 0 N–H and O–H groups in total. The topological polar surface area (TPSA) is 96.9 Å². The van der Waals surface area contributed by atoms with Crippen molar-refractivity contribution >= 4 is 68.2 Å². The van der Waals surface area contributed by atoms with Crippen molar-refractivity contribution in [2.75, 3.05) is 9.80 Å². The Morgan fingerprint density at radius 2 is 1.41 bits per heavy atom. The average Bonchev–Trinajstić information content (AvgIpc) is 3.36. The number of para-hydroxylation sites is 2. The van der Waals surface area contributed by atoms with E-state index in [0.29, 0.717) is 27.2 Å². The standard InChI is InChI=1S/C27H16BrN3O5S/c28-23-15-19(31(34)35)11-13-21(23)24-14-12-20(36-24)16-22-25(32)29(17-7-3-1-4-8-17)27(37)30(26(22)33)18-9-5-2-6-10-18/h1-16H. The number of furan rings is 1. The Labute approximate surface area is 224 Å². The highest BCUT2D eigenvalue weighted by molar-refractivity contribution is 9.10. The Morgan fingerprint density at radius 1 is 0.838 bits per heavy atom. The fourth-order valence-corrected chi connectivity index (χ4v) is 4.81. The van der Waals surface area contributed by atoms with E-state index in [1.54, 1.807) is 66.7 Å². The molecule has 1 aromatic heterocycles. The van der Waals surface area contributed by atoms with Crippen LogP contribution in [0.4, 0.5) is 17.1 Å². The van der Waals surface area contributed by atoms with Crippen LogP contribution in [0, 0.1) is 10.1 Å². The van der Waals surface area contributed by atoms with Gasteiger partial charge in [-0.25, -0.2) is 0 Å². The Bertz CT molecular complexity index is 1520. The first-order chi connectivity index (χ1) is 17.8. The van der Waals surface area contributed by atoms with E-state index in [9.17, 15) is 19.7 Å². The molecule has 1 saturated heterocycles. The lowest BCUT2D eigenvalue weighted by Crippen LogP contribution is -2.56. The van der Waals surface area contributed by atoms with Crippen molar-refractivity contribution in [2.45, 2.75) is 0 Å². The van der Waals surface area contributed by atoms with E-state index in [1.807, 2.05) is 12.1 Å². The van der Waals surface area contributed by atoms with Gasteiger partial charge in [-0.2, -0.15) is 0 Å². The van der Waals surface area contributed by atoms with Crippen LogP contribution in [-0.4, -0.2) is 21.9 Å². The SMILES string of the molecule is O=C1C(=Cc2ccc(-c3ccc([N+](=O)[O-])cc3Br)o2)C(=O)N(c2ccccc2)C(=S)N1c1ccccc1. The highest BCUT2D eigenvalue weighted by atomic mass is 79.9. The first-order valence-electron chi connectivity index (χ1n) is 10.9. The van der Waals surface area contributed by atoms with Crippen molar-refractivity contribution in [2.24, 2.45) is 0 Å². The molecule has 5 rings (SSSR count). The van der Waals surface area contributed by atoms with Crippen LogP contribution in [0.15, 0.2) is 105 Å². The summed E-state index contributed by atoms with van der Waals surface area (Å²) in [5.41, 5.74) is 1.42. The summed E-state index contributed by atoms with van der Waals surface area (Å²) < 4.78 is 6.38. The Balaban J connectivity index is 1.57. The number of nitrogens with zero attached hydrogens (tertiary/aromatic N) is 3. The lowest BCUT2D eigenvalue weighted by molar-refractivity contribution is -0.384. The van der Waals surface area contributed by atoms with E-state index in [4.69, 9.17) is 16.6 Å². The number of benzene rings is 3. The minimum Gasteiger partial charge on any atom is -0.457 e. The number of nitro benzene ring substituents is 1. The first-order valence-corrected chi connectivity index (χ1v) is 12.1. The molecule has 1 aliphatic rings. The number of nitro groups is 1. The molecule has 4 aromatic rings. The molecule has 1 aliphatic heterocycles. The Morgan fingerprint density at radius 3 is 1.92 bits per heavy atom. The molecule has 0 radical (unpaired) electrons. The van der Waals surface area contributed by atoms with Crippen molar-refractivity contribution in [3.63, 3.8) is 0 Å². The third-order valence-electron chi connectivity index (χ3n) is 5.62. The maximum absolute atomic E-state index is 13.6. The predicted molar refractivity (Wildman–Crippen MR) is 147 cm³/mol. The van der Waals surface area contributed by atoms with Crippen LogP contribution in [0.1, 0.15) is 5.76 Å². The van der Waals surface area contributed by atoms with Crippen molar-refractivity contribution in [3.8, 4) is 11.3 Å². The number of thiocarbonyl (C=S) groups is 1. The first kappa shape index (κ1) is 24.3. The smallest absolute Gasteiger partial charge is 0.270 e. The van der Waals surface area contributed by atoms with Crippen LogP contribution >= 0.6 is 28.1 Å². The monoisotopic (exact) mass is 573 g/mol. The zero-order valence-electron chi connectivity index (χ0n) is 18.9. The minimum absolute atomic E-state index is 0.0412. The van der Waals surface area contributed by atoms with Gasteiger partial charge >= 0.3 is 0 Å². The molecule has 2 heterocycles. The summed E-state index contributed by atoms with van der Waals surface area (Å²) >= 11 is 8.94. The molecule has 37 heavy (non-hydrogen) atoms. The molecule has 0 aliphatic carbocycles. The summed E-state index contributed by atoms with van der Waals surface area (Å²) in [6.45, 7) is 0. The molecule has 2 amide bonds. The molecular weight excluding hydrogens is 558 g/mol. The van der Waals surface area contributed by atoms with E-state index in [2.05, 4.69) is 15.9 Å². The molecule has 0 atom stereocenters. The molecule has 1 fully saturated rings. The normalized spacial score (nSPS) is 13.8. The van der Waals surface area contributed by atoms with Gasteiger partial charge in [0, 0.05) is 22.2 Å². The van der Waals surface area contributed by atoms with E-state index in [0.717, 1.165) is 0 Å². The zero-order chi connectivity index (χ0) is 26.1. The summed E-state index contributed by atoms with van der Waals surface area (Å²) in [5, 5.41) is 11.1. The van der Waals surface area contributed by atoms with Gasteiger partial charge in [-0.3, -0.25) is 29.5 Å². The van der Waals surface area contributed by atoms with E-state index in [1.165, 1.54) is 28.0 Å². The fourth-order valence-electron chi connectivity index (χ4n) is 3.87. The van der Waals surface area contributed by atoms with Crippen LogP contribution < -0.4 is 9.80 Å². The van der Waals surface area contributed by atoms with Crippen LogP contribution in [-0.2, 0) is 9.59 Å². The van der Waals surface area contributed by atoms with Crippen LogP contribution in [0.2, 0.25) is 0 Å². The van der Waals surface area contributed by atoms with Gasteiger partial charge in [-0.05, 0) is 76.7 Å². The van der Waals surface area contributed by atoms with E-state index >= 15 is 0 Å². The highest BCUT2D eigenvalue weighted by Crippen LogP contribution is 2.34. The third kappa shape index (κ3) is 4.59. The van der Waals surface area contributed by atoms with Crippen LogP contribution in [0.25, 0.3) is 17.4 Å². The van der Waals surface area contributed by atoms with Gasteiger partial charge in [-0.15, -0.1) is 0 Å². The Kier molecular flexibility index (Phi) is 6.51. The summed E-state index contributed by atoms with van der Waals surface area (Å²) in [6.07, 6.45) is 1.38. The van der Waals surface area contributed by atoms with Crippen molar-refractivity contribution < 1.29 is 18.9 Å². The number of anilines is 2.